The molecule has 7 heteroatoms. The van der Waals surface area contributed by atoms with Gasteiger partial charge in [-0.15, -0.1) is 0 Å². The number of amides is 3. The predicted molar refractivity (Wildman–Crippen MR) is 107 cm³/mol. The molecular formula is C21H26FN3O3. The Kier molecular flexibility index (Phi) is 7.80. The van der Waals surface area contributed by atoms with Crippen LogP contribution in [0.25, 0.3) is 0 Å². The summed E-state index contributed by atoms with van der Waals surface area (Å²) in [5.41, 5.74) is 1.16. The van der Waals surface area contributed by atoms with E-state index in [1.165, 1.54) is 17.0 Å². The van der Waals surface area contributed by atoms with Crippen LogP contribution in [-0.2, 0) is 0 Å². The van der Waals surface area contributed by atoms with Gasteiger partial charge in [0.15, 0.2) is 11.6 Å². The van der Waals surface area contributed by atoms with Crippen LogP contribution in [0.15, 0.2) is 48.5 Å². The van der Waals surface area contributed by atoms with Crippen LogP contribution in [0, 0.1) is 5.82 Å². The van der Waals surface area contributed by atoms with E-state index in [1.54, 1.807) is 48.3 Å². The summed E-state index contributed by atoms with van der Waals surface area (Å²) in [6.07, 6.45) is 0. The zero-order chi connectivity index (χ0) is 20.5. The number of benzene rings is 2. The molecule has 3 amide bonds. The number of nitrogens with one attached hydrogen (secondary N) is 1. The first-order valence-corrected chi connectivity index (χ1v) is 9.25. The fraction of sp³-hybridized carbons (Fsp3) is 0.333. The second-order valence-corrected chi connectivity index (χ2v) is 6.19. The summed E-state index contributed by atoms with van der Waals surface area (Å²) >= 11 is 0. The maximum atomic E-state index is 13.5. The van der Waals surface area contributed by atoms with Crippen LogP contribution in [0.1, 0.15) is 24.2 Å². The summed E-state index contributed by atoms with van der Waals surface area (Å²) in [7, 11) is 1.62. The van der Waals surface area contributed by atoms with Crippen LogP contribution >= 0.6 is 0 Å². The number of hydrogen-bond donors (Lipinski definition) is 1. The van der Waals surface area contributed by atoms with E-state index < -0.39 is 5.82 Å². The average molecular weight is 387 g/mol. The third-order valence-electron chi connectivity index (χ3n) is 4.30. The van der Waals surface area contributed by atoms with Crippen molar-refractivity contribution in [3.05, 3.63) is 59.9 Å². The molecule has 6 nitrogen and oxygen atoms in total. The van der Waals surface area contributed by atoms with Gasteiger partial charge in [0.1, 0.15) is 6.61 Å². The molecule has 2 rings (SSSR count). The summed E-state index contributed by atoms with van der Waals surface area (Å²) in [6.45, 7) is 5.62. The highest BCUT2D eigenvalue weighted by Crippen LogP contribution is 2.15. The van der Waals surface area contributed by atoms with Gasteiger partial charge < -0.3 is 19.9 Å². The third-order valence-corrected chi connectivity index (χ3v) is 4.30. The molecule has 28 heavy (non-hydrogen) atoms. The van der Waals surface area contributed by atoms with Gasteiger partial charge in [0.2, 0.25) is 0 Å². The van der Waals surface area contributed by atoms with E-state index in [1.807, 2.05) is 13.8 Å². The fourth-order valence-electron chi connectivity index (χ4n) is 2.56. The molecule has 1 N–H and O–H groups in total. The smallest absolute Gasteiger partial charge is 0.321 e. The van der Waals surface area contributed by atoms with E-state index in [0.717, 1.165) is 0 Å². The molecule has 0 spiro atoms. The first-order chi connectivity index (χ1) is 13.5. The van der Waals surface area contributed by atoms with Crippen molar-refractivity contribution in [2.75, 3.05) is 38.6 Å². The van der Waals surface area contributed by atoms with E-state index >= 15 is 0 Å². The van der Waals surface area contributed by atoms with Crippen molar-refractivity contribution >= 4 is 17.6 Å². The SMILES string of the molecule is CCN(CC)C(=O)c1ccc(NC(=O)N(C)CCOc2ccccc2F)cc1. The Labute approximate surface area is 164 Å². The van der Waals surface area contributed by atoms with Crippen molar-refractivity contribution in [1.29, 1.82) is 0 Å². The van der Waals surface area contributed by atoms with E-state index in [0.29, 0.717) is 30.9 Å². The lowest BCUT2D eigenvalue weighted by Crippen LogP contribution is -2.34. The van der Waals surface area contributed by atoms with Crippen molar-refractivity contribution in [2.45, 2.75) is 13.8 Å². The van der Waals surface area contributed by atoms with E-state index in [9.17, 15) is 14.0 Å². The number of carbonyl (C=O) groups excluding carboxylic acids is 2. The monoisotopic (exact) mass is 387 g/mol. The number of urea groups is 1. The number of rotatable bonds is 8. The number of nitrogens with zero attached hydrogens (tertiary/aromatic N) is 2. The average Bonchev–Trinajstić information content (AvgIpc) is 2.70. The first-order valence-electron chi connectivity index (χ1n) is 9.25. The third kappa shape index (κ3) is 5.70. The van der Waals surface area contributed by atoms with E-state index in [4.69, 9.17) is 4.74 Å². The largest absolute Gasteiger partial charge is 0.489 e. The molecular weight excluding hydrogens is 361 g/mol. The van der Waals surface area contributed by atoms with Crippen LogP contribution < -0.4 is 10.1 Å². The number of carbonyl (C=O) groups is 2. The Hall–Kier alpha value is -3.09. The van der Waals surface area contributed by atoms with Crippen molar-refractivity contribution in [3.8, 4) is 5.75 Å². The Morgan fingerprint density at radius 3 is 2.29 bits per heavy atom. The van der Waals surface area contributed by atoms with Gasteiger partial charge in [-0.2, -0.15) is 0 Å². The summed E-state index contributed by atoms with van der Waals surface area (Å²) in [5, 5.41) is 2.76. The molecule has 0 saturated carbocycles. The minimum atomic E-state index is -0.436. The molecule has 0 aliphatic carbocycles. The summed E-state index contributed by atoms with van der Waals surface area (Å²) in [6, 6.07) is 12.6. The second kappa shape index (κ2) is 10.3. The van der Waals surface area contributed by atoms with Gasteiger partial charge in [0.05, 0.1) is 6.54 Å². The lowest BCUT2D eigenvalue weighted by molar-refractivity contribution is 0.0773. The summed E-state index contributed by atoms with van der Waals surface area (Å²) < 4.78 is 18.9. The number of likely N-dealkylation sites (N-methyl/N-ethyl adjacent to an activating group) is 1. The van der Waals surface area contributed by atoms with Crippen molar-refractivity contribution in [2.24, 2.45) is 0 Å². The molecule has 0 unspecified atom stereocenters. The highest BCUT2D eigenvalue weighted by molar-refractivity contribution is 5.95. The van der Waals surface area contributed by atoms with E-state index in [2.05, 4.69) is 5.32 Å². The van der Waals surface area contributed by atoms with Gasteiger partial charge in [-0.3, -0.25) is 4.79 Å². The normalized spacial score (nSPS) is 10.3. The Morgan fingerprint density at radius 1 is 1.04 bits per heavy atom. The zero-order valence-electron chi connectivity index (χ0n) is 16.4. The second-order valence-electron chi connectivity index (χ2n) is 6.19. The van der Waals surface area contributed by atoms with Gasteiger partial charge in [-0.05, 0) is 50.2 Å². The number of hydrogen-bond acceptors (Lipinski definition) is 3. The number of para-hydroxylation sites is 1. The van der Waals surface area contributed by atoms with Crippen LogP contribution in [-0.4, -0.2) is 55.0 Å². The molecule has 150 valence electrons. The number of ether oxygens (including phenoxy) is 1. The van der Waals surface area contributed by atoms with Gasteiger partial charge >= 0.3 is 6.03 Å². The molecule has 0 aromatic heterocycles. The Morgan fingerprint density at radius 2 is 1.68 bits per heavy atom. The highest BCUT2D eigenvalue weighted by Gasteiger charge is 2.13. The number of anilines is 1. The maximum Gasteiger partial charge on any atom is 0.321 e. The summed E-state index contributed by atoms with van der Waals surface area (Å²) in [4.78, 5) is 27.7. The first kappa shape index (κ1) is 21.2. The van der Waals surface area contributed by atoms with Crippen LogP contribution in [0.3, 0.4) is 0 Å². The molecule has 0 radical (unpaired) electrons. The van der Waals surface area contributed by atoms with Crippen molar-refractivity contribution < 1.29 is 18.7 Å². The molecule has 0 aliphatic rings. The fourth-order valence-corrected chi connectivity index (χ4v) is 2.56. The standard InChI is InChI=1S/C21H26FN3O3/c1-4-25(5-2)20(26)16-10-12-17(13-11-16)23-21(27)24(3)14-15-28-19-9-7-6-8-18(19)22/h6-13H,4-5,14-15H2,1-3H3,(H,23,27). The maximum absolute atomic E-state index is 13.5. The lowest BCUT2D eigenvalue weighted by atomic mass is 10.2. The molecule has 0 heterocycles. The quantitative estimate of drug-likeness (QED) is 0.748. The molecule has 0 fully saturated rings. The van der Waals surface area contributed by atoms with Crippen molar-refractivity contribution in [3.63, 3.8) is 0 Å². The summed E-state index contributed by atoms with van der Waals surface area (Å²) in [5.74, 6) is -0.316. The van der Waals surface area contributed by atoms with Crippen LogP contribution in [0.5, 0.6) is 5.75 Å². The van der Waals surface area contributed by atoms with E-state index in [-0.39, 0.29) is 24.3 Å². The molecule has 0 atom stereocenters. The van der Waals surface area contributed by atoms with Gasteiger partial charge in [-0.1, -0.05) is 12.1 Å². The minimum absolute atomic E-state index is 0.0368. The molecule has 2 aromatic carbocycles. The molecule has 2 aromatic rings. The topological polar surface area (TPSA) is 61.9 Å². The van der Waals surface area contributed by atoms with Crippen LogP contribution in [0.4, 0.5) is 14.9 Å². The van der Waals surface area contributed by atoms with Gasteiger partial charge in [0.25, 0.3) is 5.91 Å². The van der Waals surface area contributed by atoms with Gasteiger partial charge in [-0.25, -0.2) is 9.18 Å². The minimum Gasteiger partial charge on any atom is -0.489 e. The highest BCUT2D eigenvalue weighted by atomic mass is 19.1. The Bertz CT molecular complexity index is 792. The predicted octanol–water partition coefficient (Wildman–Crippen LogP) is 3.85. The van der Waals surface area contributed by atoms with Crippen LogP contribution in [0.2, 0.25) is 0 Å². The molecule has 0 saturated heterocycles. The Balaban J connectivity index is 1.84. The van der Waals surface area contributed by atoms with Crippen molar-refractivity contribution in [1.82, 2.24) is 9.80 Å². The number of halogens is 1. The molecule has 0 aliphatic heterocycles. The molecule has 0 bridgehead atoms. The lowest BCUT2D eigenvalue weighted by Gasteiger charge is -2.20. The zero-order valence-corrected chi connectivity index (χ0v) is 16.4. The van der Waals surface area contributed by atoms with Gasteiger partial charge in [0, 0.05) is 31.4 Å².